The zero-order valence-corrected chi connectivity index (χ0v) is 17.3. The van der Waals surface area contributed by atoms with Crippen molar-refractivity contribution in [1.29, 1.82) is 0 Å². The van der Waals surface area contributed by atoms with Gasteiger partial charge in [0, 0.05) is 25.1 Å². The zero-order valence-electron chi connectivity index (χ0n) is 15.7. The van der Waals surface area contributed by atoms with E-state index in [-0.39, 0.29) is 31.6 Å². The van der Waals surface area contributed by atoms with Gasteiger partial charge in [-0.3, -0.25) is 4.79 Å². The molecule has 0 spiro atoms. The largest absolute Gasteiger partial charge is 0.417 e. The summed E-state index contributed by atoms with van der Waals surface area (Å²) in [5.74, 6) is -2.96. The molecule has 0 atom stereocenters. The Balaban J connectivity index is 1.69. The van der Waals surface area contributed by atoms with Crippen LogP contribution in [0.25, 0.3) is 0 Å². The lowest BCUT2D eigenvalue weighted by molar-refractivity contribution is -0.137. The maximum atomic E-state index is 13.7. The molecular formula is C19H16ClF5N2O3S. The summed E-state index contributed by atoms with van der Waals surface area (Å²) in [5, 5.41) is 1.72. The Bertz CT molecular complexity index is 1100. The van der Waals surface area contributed by atoms with Crippen LogP contribution in [0.4, 0.5) is 27.6 Å². The Morgan fingerprint density at radius 1 is 1.06 bits per heavy atom. The maximum Gasteiger partial charge on any atom is 0.417 e. The van der Waals surface area contributed by atoms with E-state index in [4.69, 9.17) is 11.6 Å². The van der Waals surface area contributed by atoms with E-state index in [1.54, 1.807) is 0 Å². The number of nitrogens with zero attached hydrogens (tertiary/aromatic N) is 1. The minimum absolute atomic E-state index is 0.0770. The summed E-state index contributed by atoms with van der Waals surface area (Å²) in [7, 11) is -4.24. The highest BCUT2D eigenvalue weighted by Crippen LogP contribution is 2.37. The van der Waals surface area contributed by atoms with E-state index in [9.17, 15) is 35.2 Å². The lowest BCUT2D eigenvalue weighted by atomic mass is 9.97. The second-order valence-electron chi connectivity index (χ2n) is 6.93. The van der Waals surface area contributed by atoms with Crippen molar-refractivity contribution in [3.63, 3.8) is 0 Å². The fourth-order valence-electron chi connectivity index (χ4n) is 3.22. The molecule has 0 radical (unpaired) electrons. The predicted molar refractivity (Wildman–Crippen MR) is 103 cm³/mol. The fourth-order valence-corrected chi connectivity index (χ4v) is 4.94. The number of hydrogen-bond acceptors (Lipinski definition) is 3. The molecular weight excluding hydrogens is 467 g/mol. The topological polar surface area (TPSA) is 66.5 Å². The number of nitrogens with one attached hydrogen (secondary N) is 1. The molecule has 1 N–H and O–H groups in total. The summed E-state index contributed by atoms with van der Waals surface area (Å²) in [5.41, 5.74) is -1.46. The van der Waals surface area contributed by atoms with Crippen molar-refractivity contribution in [3.05, 3.63) is 58.6 Å². The van der Waals surface area contributed by atoms with Crippen molar-refractivity contribution in [2.24, 2.45) is 5.92 Å². The molecule has 1 aliphatic rings. The average molecular weight is 483 g/mol. The van der Waals surface area contributed by atoms with Crippen molar-refractivity contribution >= 4 is 33.2 Å². The van der Waals surface area contributed by atoms with Crippen molar-refractivity contribution in [2.75, 3.05) is 18.4 Å². The summed E-state index contributed by atoms with van der Waals surface area (Å²) >= 11 is 5.54. The van der Waals surface area contributed by atoms with Gasteiger partial charge in [0.15, 0.2) is 0 Å². The lowest BCUT2D eigenvalue weighted by Gasteiger charge is -2.30. The van der Waals surface area contributed by atoms with Gasteiger partial charge >= 0.3 is 6.18 Å². The highest BCUT2D eigenvalue weighted by Gasteiger charge is 2.37. The molecule has 0 aromatic heterocycles. The first-order valence-corrected chi connectivity index (χ1v) is 10.8. The van der Waals surface area contributed by atoms with Gasteiger partial charge in [0.2, 0.25) is 15.9 Å². The molecule has 3 rings (SSSR count). The summed E-state index contributed by atoms with van der Waals surface area (Å²) in [6, 6.07) is 5.01. The second-order valence-corrected chi connectivity index (χ2v) is 9.28. The number of hydrogen-bond donors (Lipinski definition) is 1. The lowest BCUT2D eigenvalue weighted by Crippen LogP contribution is -2.41. The molecule has 0 aliphatic carbocycles. The molecule has 0 unspecified atom stereocenters. The molecule has 2 aromatic carbocycles. The Morgan fingerprint density at radius 2 is 1.71 bits per heavy atom. The number of carbonyl (C=O) groups is 1. The summed E-state index contributed by atoms with van der Waals surface area (Å²) < 4.78 is 92.3. The van der Waals surface area contributed by atoms with E-state index in [2.05, 4.69) is 5.32 Å². The molecule has 0 bridgehead atoms. The molecule has 12 heteroatoms. The van der Waals surface area contributed by atoms with Crippen molar-refractivity contribution < 1.29 is 35.2 Å². The van der Waals surface area contributed by atoms with Crippen LogP contribution >= 0.6 is 11.6 Å². The normalized spacial score (nSPS) is 16.3. The Hall–Kier alpha value is -2.24. The molecule has 168 valence electrons. The minimum Gasteiger partial charge on any atom is -0.323 e. The smallest absolute Gasteiger partial charge is 0.323 e. The van der Waals surface area contributed by atoms with Crippen LogP contribution in [0.1, 0.15) is 18.4 Å². The van der Waals surface area contributed by atoms with Gasteiger partial charge in [-0.05, 0) is 43.2 Å². The quantitative estimate of drug-likeness (QED) is 0.644. The molecule has 31 heavy (non-hydrogen) atoms. The molecule has 1 amide bonds. The highest BCUT2D eigenvalue weighted by molar-refractivity contribution is 7.89. The van der Waals surface area contributed by atoms with Crippen LogP contribution in [0, 0.1) is 17.6 Å². The third-order valence-corrected chi connectivity index (χ3v) is 7.12. The first-order chi connectivity index (χ1) is 14.4. The van der Waals surface area contributed by atoms with Gasteiger partial charge in [-0.2, -0.15) is 17.5 Å². The molecule has 1 aliphatic heterocycles. The standard InChI is InChI=1S/C19H16ClF5N2O3S/c20-15-3-2-13(10-14(15)19(23,24)25)31(29,30)27-7-5-11(6-8-27)18(28)26-17-4-1-12(21)9-16(17)22/h1-4,9-11H,5-8H2,(H,26,28). The van der Waals surface area contributed by atoms with Gasteiger partial charge in [-0.15, -0.1) is 0 Å². The predicted octanol–water partition coefficient (Wildman–Crippen LogP) is 4.68. The van der Waals surface area contributed by atoms with Gasteiger partial charge in [0.1, 0.15) is 11.6 Å². The van der Waals surface area contributed by atoms with Crippen LogP contribution in [0.2, 0.25) is 5.02 Å². The number of halogens is 6. The van der Waals surface area contributed by atoms with E-state index in [1.807, 2.05) is 0 Å². The molecule has 0 saturated carbocycles. The van der Waals surface area contributed by atoms with Gasteiger partial charge in [0.05, 0.1) is 21.2 Å². The van der Waals surface area contributed by atoms with Crippen molar-refractivity contribution in [3.8, 4) is 0 Å². The SMILES string of the molecule is O=C(Nc1ccc(F)cc1F)C1CCN(S(=O)(=O)c2ccc(Cl)c(C(F)(F)F)c2)CC1. The number of amides is 1. The molecule has 1 saturated heterocycles. The third-order valence-electron chi connectivity index (χ3n) is 4.89. The van der Waals surface area contributed by atoms with Crippen LogP contribution in [-0.4, -0.2) is 31.7 Å². The number of rotatable bonds is 4. The number of sulfonamides is 1. The number of benzene rings is 2. The van der Waals surface area contributed by atoms with Crippen molar-refractivity contribution in [1.82, 2.24) is 4.31 Å². The Morgan fingerprint density at radius 3 is 2.29 bits per heavy atom. The van der Waals surface area contributed by atoms with Gasteiger partial charge in [0.25, 0.3) is 0 Å². The van der Waals surface area contributed by atoms with Crippen LogP contribution in [0.3, 0.4) is 0 Å². The van der Waals surface area contributed by atoms with Crippen LogP contribution < -0.4 is 5.32 Å². The second kappa shape index (κ2) is 8.71. The summed E-state index contributed by atoms with van der Waals surface area (Å²) in [6.07, 6.45) is -4.66. The average Bonchev–Trinajstić information content (AvgIpc) is 2.69. The summed E-state index contributed by atoms with van der Waals surface area (Å²) in [6.45, 7) is -0.230. The van der Waals surface area contributed by atoms with Gasteiger partial charge in [-0.25, -0.2) is 17.2 Å². The highest BCUT2D eigenvalue weighted by atomic mass is 35.5. The van der Waals surface area contributed by atoms with E-state index >= 15 is 0 Å². The van der Waals surface area contributed by atoms with E-state index in [1.165, 1.54) is 0 Å². The van der Waals surface area contributed by atoms with Crippen LogP contribution in [0.5, 0.6) is 0 Å². The van der Waals surface area contributed by atoms with Crippen molar-refractivity contribution in [2.45, 2.75) is 23.9 Å². The van der Waals surface area contributed by atoms with E-state index in [0.717, 1.165) is 28.6 Å². The van der Waals surface area contributed by atoms with Crippen LogP contribution in [0.15, 0.2) is 41.3 Å². The number of carbonyl (C=O) groups excluding carboxylic acids is 1. The zero-order chi connectivity index (χ0) is 23.0. The summed E-state index contributed by atoms with van der Waals surface area (Å²) in [4.78, 5) is 11.8. The third kappa shape index (κ3) is 5.16. The first-order valence-electron chi connectivity index (χ1n) is 9.02. The Kier molecular flexibility index (Phi) is 6.59. The van der Waals surface area contributed by atoms with Gasteiger partial charge < -0.3 is 5.32 Å². The maximum absolute atomic E-state index is 13.7. The number of alkyl halides is 3. The first kappa shape index (κ1) is 23.4. The fraction of sp³-hybridized carbons (Fsp3) is 0.316. The number of anilines is 1. The molecule has 2 aromatic rings. The van der Waals surface area contributed by atoms with E-state index < -0.39 is 55.1 Å². The van der Waals surface area contributed by atoms with Gasteiger partial charge in [-0.1, -0.05) is 11.6 Å². The molecule has 1 fully saturated rings. The van der Waals surface area contributed by atoms with E-state index in [0.29, 0.717) is 12.1 Å². The number of piperidine rings is 1. The molecule has 1 heterocycles. The van der Waals surface area contributed by atoms with Crippen LogP contribution in [-0.2, 0) is 21.0 Å². The monoisotopic (exact) mass is 482 g/mol. The Labute approximate surface area is 179 Å². The minimum atomic E-state index is -4.82. The molecule has 5 nitrogen and oxygen atoms in total.